The molecule has 5 heteroatoms. The molecule has 1 aliphatic rings. The van der Waals surface area contributed by atoms with Crippen molar-refractivity contribution >= 4 is 31.2 Å². The summed E-state index contributed by atoms with van der Waals surface area (Å²) < 4.78 is 7.05. The monoisotopic (exact) mass is 409 g/mol. The molecule has 0 spiro atoms. The van der Waals surface area contributed by atoms with Crippen LogP contribution in [0.25, 0.3) is 0 Å². The molecule has 3 nitrogen and oxygen atoms in total. The Morgan fingerprint density at radius 3 is 2.71 bits per heavy atom. The maximum absolute atomic E-state index is 5.68. The zero-order chi connectivity index (χ0) is 16.9. The third-order valence-electron chi connectivity index (χ3n) is 4.28. The quantitative estimate of drug-likeness (QED) is 0.741. The minimum atomic E-state index is 0.244. The molecule has 1 N–H and O–H groups in total. The number of rotatable bonds is 6. The number of hydroxylamine groups is 1. The Hall–Kier alpha value is -0.971. The molecule has 3 rings (SSSR count). The summed E-state index contributed by atoms with van der Waals surface area (Å²) in [6, 6.07) is 17.2. The van der Waals surface area contributed by atoms with Crippen LogP contribution >= 0.6 is 11.8 Å². The second-order valence-electron chi connectivity index (χ2n) is 5.73. The van der Waals surface area contributed by atoms with Gasteiger partial charge in [0.05, 0.1) is 0 Å². The predicted octanol–water partition coefficient (Wildman–Crippen LogP) is 3.51. The molecule has 0 aliphatic carbocycles. The van der Waals surface area contributed by atoms with Gasteiger partial charge in [0.2, 0.25) is 0 Å². The molecule has 2 aromatic carbocycles. The molecule has 1 fully saturated rings. The molecule has 2 unspecified atom stereocenters. The van der Waals surface area contributed by atoms with Crippen molar-refractivity contribution in [3.8, 4) is 5.75 Å². The van der Waals surface area contributed by atoms with Crippen LogP contribution in [0.3, 0.4) is 0 Å². The third-order valence-corrected chi connectivity index (χ3v) is 8.14. The van der Waals surface area contributed by atoms with E-state index in [1.807, 2.05) is 11.8 Å². The fourth-order valence-corrected chi connectivity index (χ4v) is 6.49. The van der Waals surface area contributed by atoms with Crippen molar-refractivity contribution in [2.24, 2.45) is 0 Å². The Balaban J connectivity index is 1.90. The van der Waals surface area contributed by atoms with Crippen molar-refractivity contribution in [2.75, 3.05) is 20.0 Å². The van der Waals surface area contributed by atoms with Crippen LogP contribution in [0, 0.1) is 0 Å². The first-order valence-corrected chi connectivity index (χ1v) is 11.2. The summed E-state index contributed by atoms with van der Waals surface area (Å²) in [5.41, 5.74) is 5.89. The molecule has 1 aliphatic heterocycles. The Labute approximate surface area is 154 Å². The van der Waals surface area contributed by atoms with Gasteiger partial charge in [0, 0.05) is 0 Å². The Morgan fingerprint density at radius 2 is 2.00 bits per heavy atom. The fraction of sp³-hybridized carbons (Fsp3) is 0.368. The summed E-state index contributed by atoms with van der Waals surface area (Å²) in [4.78, 5) is 6.06. The van der Waals surface area contributed by atoms with Gasteiger partial charge < -0.3 is 0 Å². The van der Waals surface area contributed by atoms with Crippen LogP contribution in [0.2, 0.25) is 4.82 Å². The van der Waals surface area contributed by atoms with E-state index in [2.05, 4.69) is 67.2 Å². The summed E-state index contributed by atoms with van der Waals surface area (Å²) in [5, 5.41) is 0.461. The van der Waals surface area contributed by atoms with E-state index in [1.54, 1.807) is 7.11 Å². The third kappa shape index (κ3) is 3.81. The van der Waals surface area contributed by atoms with Gasteiger partial charge in [0.25, 0.3) is 0 Å². The first-order valence-electron chi connectivity index (χ1n) is 8.03. The molecular weight excluding hydrogens is 385 g/mol. The molecule has 0 bridgehead atoms. The topological polar surface area (TPSA) is 30.5 Å². The van der Waals surface area contributed by atoms with Gasteiger partial charge in [0.15, 0.2) is 0 Å². The van der Waals surface area contributed by atoms with E-state index in [9.17, 15) is 0 Å². The summed E-state index contributed by atoms with van der Waals surface area (Å²) in [6.45, 7) is 3.00. The van der Waals surface area contributed by atoms with E-state index in [-0.39, 0.29) is 21.0 Å². The number of ether oxygens (including phenoxy) is 1. The Kier molecular flexibility index (Phi) is 6.25. The number of thioether (sulfide) groups is 1. The standard InChI is InChI=1S/C19H23NO2SSe/c1-13(23-3)15-10-7-11-16(21-2)19(15)24-17-12-22-20-18(17)14-8-5-4-6-9-14/h4-11,13,17-18,20H,12H2,1-3H3/t13-,17?,18?/m0/s1. The van der Waals surface area contributed by atoms with E-state index in [0.29, 0.717) is 10.1 Å². The van der Waals surface area contributed by atoms with Gasteiger partial charge in [-0.25, -0.2) is 0 Å². The second-order valence-corrected chi connectivity index (χ2v) is 9.53. The van der Waals surface area contributed by atoms with Crippen LogP contribution in [-0.4, -0.2) is 34.9 Å². The van der Waals surface area contributed by atoms with Gasteiger partial charge in [-0.3, -0.25) is 0 Å². The number of benzene rings is 2. The summed E-state index contributed by atoms with van der Waals surface area (Å²) in [6.07, 6.45) is 2.16. The van der Waals surface area contributed by atoms with Gasteiger partial charge in [-0.2, -0.15) is 0 Å². The first-order chi connectivity index (χ1) is 11.7. The minimum absolute atomic E-state index is 0.244. The van der Waals surface area contributed by atoms with Gasteiger partial charge in [-0.1, -0.05) is 0 Å². The van der Waals surface area contributed by atoms with Gasteiger partial charge in [-0.15, -0.1) is 0 Å². The number of methoxy groups -OCH3 is 1. The molecule has 0 radical (unpaired) electrons. The molecule has 3 atom stereocenters. The van der Waals surface area contributed by atoms with Crippen molar-refractivity contribution in [1.29, 1.82) is 0 Å². The fourth-order valence-electron chi connectivity index (χ4n) is 2.86. The number of hydrogen-bond acceptors (Lipinski definition) is 4. The van der Waals surface area contributed by atoms with Crippen LogP contribution in [0.1, 0.15) is 29.3 Å². The molecule has 128 valence electrons. The molecule has 1 heterocycles. The zero-order valence-corrected chi connectivity index (χ0v) is 16.7. The average Bonchev–Trinajstić information content (AvgIpc) is 3.10. The average molecular weight is 408 g/mol. The van der Waals surface area contributed by atoms with Crippen molar-refractivity contribution in [3.63, 3.8) is 0 Å². The van der Waals surface area contributed by atoms with E-state index in [4.69, 9.17) is 9.57 Å². The van der Waals surface area contributed by atoms with Crippen molar-refractivity contribution in [2.45, 2.75) is 23.0 Å². The van der Waals surface area contributed by atoms with Crippen LogP contribution in [-0.2, 0) is 4.84 Å². The van der Waals surface area contributed by atoms with Crippen molar-refractivity contribution in [1.82, 2.24) is 5.48 Å². The van der Waals surface area contributed by atoms with E-state index < -0.39 is 0 Å². The molecule has 0 amide bonds. The van der Waals surface area contributed by atoms with Crippen LogP contribution in [0.5, 0.6) is 5.75 Å². The van der Waals surface area contributed by atoms with E-state index in [1.165, 1.54) is 15.6 Å². The van der Waals surface area contributed by atoms with Gasteiger partial charge >= 0.3 is 155 Å². The molecule has 1 saturated heterocycles. The SMILES string of the molecule is COc1cccc([C@H](C)SC)c1[Se]C1CONC1c1ccccc1. The van der Waals surface area contributed by atoms with E-state index >= 15 is 0 Å². The molecule has 0 aromatic heterocycles. The summed E-state index contributed by atoms with van der Waals surface area (Å²) >= 11 is 2.13. The zero-order valence-electron chi connectivity index (χ0n) is 14.2. The maximum atomic E-state index is 5.68. The molecule has 0 saturated carbocycles. The number of hydrogen-bond donors (Lipinski definition) is 1. The van der Waals surface area contributed by atoms with Crippen LogP contribution in [0.15, 0.2) is 48.5 Å². The second kappa shape index (κ2) is 8.41. The Bertz CT molecular complexity index is 668. The summed E-state index contributed by atoms with van der Waals surface area (Å²) in [7, 11) is 1.76. The number of nitrogens with one attached hydrogen (secondary N) is 1. The normalized spacial score (nSPS) is 21.6. The van der Waals surface area contributed by atoms with E-state index in [0.717, 1.165) is 12.4 Å². The van der Waals surface area contributed by atoms with Crippen LogP contribution in [0.4, 0.5) is 0 Å². The van der Waals surface area contributed by atoms with Crippen molar-refractivity contribution in [3.05, 3.63) is 59.7 Å². The Morgan fingerprint density at radius 1 is 1.21 bits per heavy atom. The molecular formula is C19H23NO2SSe. The van der Waals surface area contributed by atoms with Gasteiger partial charge in [-0.05, 0) is 0 Å². The van der Waals surface area contributed by atoms with Gasteiger partial charge in [0.1, 0.15) is 0 Å². The molecule has 2 aromatic rings. The first kappa shape index (κ1) is 17.8. The predicted molar refractivity (Wildman–Crippen MR) is 102 cm³/mol. The summed E-state index contributed by atoms with van der Waals surface area (Å²) in [5.74, 6) is 1.01. The molecule has 24 heavy (non-hydrogen) atoms. The van der Waals surface area contributed by atoms with Crippen molar-refractivity contribution < 1.29 is 9.57 Å². The van der Waals surface area contributed by atoms with Crippen LogP contribution < -0.4 is 14.7 Å².